The Hall–Kier alpha value is -0.690. The molecule has 114 valence electrons. The van der Waals surface area contributed by atoms with Crippen LogP contribution in [0.15, 0.2) is 11.6 Å². The number of carbonyl (C=O) groups excluding carboxylic acids is 1. The predicted molar refractivity (Wildman–Crippen MR) is 82.1 cm³/mol. The summed E-state index contributed by atoms with van der Waals surface area (Å²) in [5.41, 5.74) is 5.34. The van der Waals surface area contributed by atoms with E-state index in [0.29, 0.717) is 26.1 Å². The highest BCUT2D eigenvalue weighted by Crippen LogP contribution is 2.25. The number of nitrogens with zero attached hydrogens (tertiary/aromatic N) is 2. The molecule has 0 saturated carbocycles. The number of rotatable bonds is 4. The Labute approximate surface area is 129 Å². The number of carbonyl (C=O) groups is 1. The molecule has 2 atom stereocenters. The number of hydrogen-bond acceptors (Lipinski definition) is 5. The highest BCUT2D eigenvalue weighted by Gasteiger charge is 2.35. The Kier molecular flexibility index (Phi) is 6.39. The minimum Gasteiger partial charge on any atom is -0.367 e. The molecule has 1 aliphatic heterocycles. The Morgan fingerprint density at radius 3 is 3.05 bits per heavy atom. The zero-order valence-corrected chi connectivity index (χ0v) is 13.5. The van der Waals surface area contributed by atoms with Crippen LogP contribution in [0.5, 0.6) is 0 Å². The van der Waals surface area contributed by atoms with Gasteiger partial charge in [-0.1, -0.05) is 13.3 Å². The first kappa shape index (κ1) is 17.4. The van der Waals surface area contributed by atoms with E-state index in [1.54, 1.807) is 17.5 Å². The molecule has 1 saturated heterocycles. The van der Waals surface area contributed by atoms with Crippen molar-refractivity contribution in [2.24, 2.45) is 5.73 Å². The van der Waals surface area contributed by atoms with Gasteiger partial charge in [0.05, 0.1) is 18.7 Å². The van der Waals surface area contributed by atoms with Gasteiger partial charge in [0.25, 0.3) is 0 Å². The molecular formula is C13H22ClN3O2S. The molecular weight excluding hydrogens is 298 g/mol. The lowest BCUT2D eigenvalue weighted by atomic mass is 9.95. The molecule has 0 bridgehead atoms. The van der Waals surface area contributed by atoms with E-state index >= 15 is 0 Å². The molecule has 1 aliphatic rings. The highest BCUT2D eigenvalue weighted by atomic mass is 35.5. The normalized spacial score (nSPS) is 21.9. The zero-order valence-electron chi connectivity index (χ0n) is 11.9. The van der Waals surface area contributed by atoms with Gasteiger partial charge in [-0.15, -0.1) is 23.7 Å². The van der Waals surface area contributed by atoms with Crippen molar-refractivity contribution in [2.45, 2.75) is 38.3 Å². The maximum absolute atomic E-state index is 12.5. The Morgan fingerprint density at radius 1 is 1.70 bits per heavy atom. The largest absolute Gasteiger partial charge is 0.367 e. The predicted octanol–water partition coefficient (Wildman–Crippen LogP) is 1.98. The van der Waals surface area contributed by atoms with Crippen LogP contribution >= 0.6 is 23.7 Å². The number of ether oxygens (including phenoxy) is 1. The first-order valence-electron chi connectivity index (χ1n) is 6.64. The van der Waals surface area contributed by atoms with Gasteiger partial charge in [-0.05, 0) is 13.3 Å². The van der Waals surface area contributed by atoms with E-state index in [-0.39, 0.29) is 24.4 Å². The van der Waals surface area contributed by atoms with Crippen LogP contribution < -0.4 is 5.73 Å². The van der Waals surface area contributed by atoms with Crippen LogP contribution in [-0.4, -0.2) is 41.0 Å². The van der Waals surface area contributed by atoms with Crippen molar-refractivity contribution in [2.75, 3.05) is 19.7 Å². The molecule has 0 aromatic carbocycles. The average Bonchev–Trinajstić information content (AvgIpc) is 2.92. The number of halogens is 1. The number of aromatic nitrogens is 1. The molecule has 2 rings (SSSR count). The van der Waals surface area contributed by atoms with Crippen molar-refractivity contribution in [3.05, 3.63) is 16.6 Å². The van der Waals surface area contributed by atoms with Gasteiger partial charge < -0.3 is 15.4 Å². The summed E-state index contributed by atoms with van der Waals surface area (Å²) in [7, 11) is 0. The minimum atomic E-state index is -0.778. The second-order valence-electron chi connectivity index (χ2n) is 5.15. The molecule has 1 fully saturated rings. The van der Waals surface area contributed by atoms with Gasteiger partial charge in [-0.3, -0.25) is 4.79 Å². The molecule has 0 aliphatic carbocycles. The fraction of sp³-hybridized carbons (Fsp3) is 0.692. The van der Waals surface area contributed by atoms with Crippen LogP contribution in [0.1, 0.15) is 37.8 Å². The lowest BCUT2D eigenvalue weighted by molar-refractivity contribution is -0.144. The number of thiazole rings is 1. The molecule has 5 nitrogen and oxygen atoms in total. The average molecular weight is 320 g/mol. The van der Waals surface area contributed by atoms with Gasteiger partial charge in [0.1, 0.15) is 11.1 Å². The van der Waals surface area contributed by atoms with Crippen molar-refractivity contribution in [1.82, 2.24) is 9.88 Å². The summed E-state index contributed by atoms with van der Waals surface area (Å²) < 4.78 is 5.69. The van der Waals surface area contributed by atoms with E-state index in [2.05, 4.69) is 4.98 Å². The van der Waals surface area contributed by atoms with E-state index < -0.39 is 5.54 Å². The van der Waals surface area contributed by atoms with Crippen molar-refractivity contribution in [3.8, 4) is 0 Å². The maximum atomic E-state index is 12.5. The van der Waals surface area contributed by atoms with Crippen LogP contribution in [0.3, 0.4) is 0 Å². The van der Waals surface area contributed by atoms with Crippen molar-refractivity contribution >= 4 is 29.7 Å². The van der Waals surface area contributed by atoms with Gasteiger partial charge in [0, 0.05) is 18.1 Å². The number of morpholine rings is 1. The fourth-order valence-corrected chi connectivity index (χ4v) is 3.04. The topological polar surface area (TPSA) is 68.5 Å². The van der Waals surface area contributed by atoms with E-state index in [9.17, 15) is 4.79 Å². The zero-order chi connectivity index (χ0) is 13.9. The Balaban J connectivity index is 0.00000200. The summed E-state index contributed by atoms with van der Waals surface area (Å²) in [6.07, 6.45) is 3.24. The first-order valence-corrected chi connectivity index (χ1v) is 7.52. The molecule has 2 heterocycles. The summed E-state index contributed by atoms with van der Waals surface area (Å²) in [5.74, 6) is 0.0132. The van der Waals surface area contributed by atoms with Crippen molar-refractivity contribution in [1.29, 1.82) is 0 Å². The lowest BCUT2D eigenvalue weighted by Gasteiger charge is -2.36. The first-order chi connectivity index (χ1) is 9.04. The van der Waals surface area contributed by atoms with Crippen molar-refractivity contribution in [3.63, 3.8) is 0 Å². The Bertz CT molecular complexity index is 425. The third-order valence-electron chi connectivity index (χ3n) is 3.34. The molecule has 1 amide bonds. The van der Waals surface area contributed by atoms with E-state index in [0.717, 1.165) is 11.4 Å². The van der Waals surface area contributed by atoms with E-state index in [1.165, 1.54) is 0 Å². The smallest absolute Gasteiger partial charge is 0.242 e. The SMILES string of the molecule is CCCC(C)(N)C(=O)N1CCOC(c2nccs2)C1.Cl. The molecule has 0 radical (unpaired) electrons. The monoisotopic (exact) mass is 319 g/mol. The van der Waals surface area contributed by atoms with Crippen LogP contribution in [-0.2, 0) is 9.53 Å². The van der Waals surface area contributed by atoms with Crippen molar-refractivity contribution < 1.29 is 9.53 Å². The van der Waals surface area contributed by atoms with E-state index in [4.69, 9.17) is 10.5 Å². The van der Waals surface area contributed by atoms with Crippen LogP contribution in [0, 0.1) is 0 Å². The number of amides is 1. The number of hydrogen-bond donors (Lipinski definition) is 1. The van der Waals surface area contributed by atoms with Gasteiger partial charge in [-0.2, -0.15) is 0 Å². The summed E-state index contributed by atoms with van der Waals surface area (Å²) >= 11 is 1.56. The molecule has 2 unspecified atom stereocenters. The third kappa shape index (κ3) is 3.91. The summed E-state index contributed by atoms with van der Waals surface area (Å²) in [6.45, 7) is 5.54. The maximum Gasteiger partial charge on any atom is 0.242 e. The van der Waals surface area contributed by atoms with E-state index in [1.807, 2.05) is 24.1 Å². The second-order valence-corrected chi connectivity index (χ2v) is 6.07. The summed E-state index contributed by atoms with van der Waals surface area (Å²) in [5, 5.41) is 2.84. The van der Waals surface area contributed by atoms with Gasteiger partial charge >= 0.3 is 0 Å². The molecule has 1 aromatic rings. The highest BCUT2D eigenvalue weighted by molar-refractivity contribution is 7.09. The number of nitrogens with two attached hydrogens (primary N) is 1. The quantitative estimate of drug-likeness (QED) is 0.921. The van der Waals surface area contributed by atoms with Gasteiger partial charge in [0.15, 0.2) is 0 Å². The second kappa shape index (κ2) is 7.36. The van der Waals surface area contributed by atoms with Crippen LogP contribution in [0.2, 0.25) is 0 Å². The summed E-state index contributed by atoms with van der Waals surface area (Å²) in [6, 6.07) is 0. The molecule has 1 aromatic heterocycles. The molecule has 0 spiro atoms. The minimum absolute atomic E-state index is 0. The lowest BCUT2D eigenvalue weighted by Crippen LogP contribution is -2.56. The molecule has 2 N–H and O–H groups in total. The van der Waals surface area contributed by atoms with Gasteiger partial charge in [-0.25, -0.2) is 4.98 Å². The third-order valence-corrected chi connectivity index (χ3v) is 4.21. The van der Waals surface area contributed by atoms with Crippen LogP contribution in [0.4, 0.5) is 0 Å². The van der Waals surface area contributed by atoms with Crippen LogP contribution in [0.25, 0.3) is 0 Å². The standard InChI is InChI=1S/C13H21N3O2S.ClH/c1-3-4-13(2,14)12(17)16-6-7-18-10(9-16)11-15-5-8-19-11;/h5,8,10H,3-4,6-7,9,14H2,1-2H3;1H. The van der Waals surface area contributed by atoms with Gasteiger partial charge in [0.2, 0.25) is 5.91 Å². The molecule has 20 heavy (non-hydrogen) atoms. The molecule has 7 heteroatoms. The summed E-state index contributed by atoms with van der Waals surface area (Å²) in [4.78, 5) is 18.5. The fourth-order valence-electron chi connectivity index (χ4n) is 2.36. The Morgan fingerprint density at radius 2 is 2.45 bits per heavy atom.